The molecule has 1 amide bonds. The van der Waals surface area contributed by atoms with Crippen LogP contribution in [0, 0.1) is 0 Å². The Balaban J connectivity index is 1.86. The predicted molar refractivity (Wildman–Crippen MR) is 76.7 cm³/mol. The number of nitrogen functional groups attached to an aromatic ring is 1. The number of nitrogens with one attached hydrogen (secondary N) is 1. The molecule has 0 bridgehead atoms. The van der Waals surface area contributed by atoms with Crippen molar-refractivity contribution in [2.75, 3.05) is 23.9 Å². The van der Waals surface area contributed by atoms with Gasteiger partial charge in [-0.2, -0.15) is 0 Å². The lowest BCUT2D eigenvalue weighted by atomic mass is 10.3. The minimum absolute atomic E-state index is 0.118. The first kappa shape index (κ1) is 13.6. The van der Waals surface area contributed by atoms with Gasteiger partial charge in [0.05, 0.1) is 12.9 Å². The first-order valence-electron chi connectivity index (χ1n) is 5.33. The Kier molecular flexibility index (Phi) is 4.58. The lowest BCUT2D eigenvalue weighted by Gasteiger charge is -2.06. The van der Waals surface area contributed by atoms with E-state index in [4.69, 9.17) is 10.5 Å². The van der Waals surface area contributed by atoms with E-state index in [0.29, 0.717) is 20.9 Å². The van der Waals surface area contributed by atoms with E-state index in [1.165, 1.54) is 23.1 Å². The molecule has 2 rings (SSSR count). The number of carbonyl (C=O) groups excluding carboxylic acids is 1. The minimum Gasteiger partial charge on any atom is -0.497 e. The number of methoxy groups -OCH3 is 1. The standard InChI is InChI=1S/C11H12N4O2S2/c1-17-8-4-2-3-7(5-8)13-9(16)6-18-11-15-14-10(12)19-11/h2-5H,6H2,1H3,(H2,12,14)(H,13,16). The number of aromatic nitrogens is 2. The fraction of sp³-hybridized carbons (Fsp3) is 0.182. The summed E-state index contributed by atoms with van der Waals surface area (Å²) in [6.07, 6.45) is 0. The monoisotopic (exact) mass is 296 g/mol. The number of hydrogen-bond acceptors (Lipinski definition) is 7. The van der Waals surface area contributed by atoms with Crippen molar-refractivity contribution in [3.05, 3.63) is 24.3 Å². The van der Waals surface area contributed by atoms with Crippen molar-refractivity contribution in [2.45, 2.75) is 4.34 Å². The number of nitrogens with zero attached hydrogens (tertiary/aromatic N) is 2. The lowest BCUT2D eigenvalue weighted by Crippen LogP contribution is -2.13. The Morgan fingerprint density at radius 2 is 2.37 bits per heavy atom. The highest BCUT2D eigenvalue weighted by Gasteiger charge is 2.07. The summed E-state index contributed by atoms with van der Waals surface area (Å²) >= 11 is 2.56. The van der Waals surface area contributed by atoms with Crippen LogP contribution in [-0.2, 0) is 4.79 Å². The molecule has 0 aliphatic rings. The Hall–Kier alpha value is -1.80. The summed E-state index contributed by atoms with van der Waals surface area (Å²) in [4.78, 5) is 11.7. The number of ether oxygens (including phenoxy) is 1. The average molecular weight is 296 g/mol. The second-order valence-corrected chi connectivity index (χ2v) is 5.71. The van der Waals surface area contributed by atoms with Crippen molar-refractivity contribution in [3.63, 3.8) is 0 Å². The number of carbonyl (C=O) groups is 1. The molecule has 1 heterocycles. The van der Waals surface area contributed by atoms with Gasteiger partial charge in [-0.1, -0.05) is 29.2 Å². The number of rotatable bonds is 5. The second-order valence-electron chi connectivity index (χ2n) is 3.48. The highest BCUT2D eigenvalue weighted by atomic mass is 32.2. The number of thioether (sulfide) groups is 1. The fourth-order valence-electron chi connectivity index (χ4n) is 1.30. The van der Waals surface area contributed by atoms with Crippen LogP contribution < -0.4 is 15.8 Å². The molecule has 6 nitrogen and oxygen atoms in total. The van der Waals surface area contributed by atoms with Crippen molar-refractivity contribution in [3.8, 4) is 5.75 Å². The van der Waals surface area contributed by atoms with E-state index in [-0.39, 0.29) is 11.7 Å². The Bertz CT molecular complexity index is 573. The molecule has 0 saturated heterocycles. The summed E-state index contributed by atoms with van der Waals surface area (Å²) in [6, 6.07) is 7.18. The molecule has 1 aromatic heterocycles. The molecule has 0 atom stereocenters. The highest BCUT2D eigenvalue weighted by molar-refractivity contribution is 8.01. The van der Waals surface area contributed by atoms with Crippen molar-refractivity contribution in [1.82, 2.24) is 10.2 Å². The molecule has 0 aliphatic carbocycles. The van der Waals surface area contributed by atoms with Crippen LogP contribution in [0.25, 0.3) is 0 Å². The van der Waals surface area contributed by atoms with Crippen molar-refractivity contribution >= 4 is 39.8 Å². The largest absolute Gasteiger partial charge is 0.497 e. The molecule has 0 fully saturated rings. The predicted octanol–water partition coefficient (Wildman–Crippen LogP) is 1.86. The van der Waals surface area contributed by atoms with Gasteiger partial charge in [0.1, 0.15) is 5.75 Å². The fourth-order valence-corrected chi connectivity index (χ4v) is 2.74. The van der Waals surface area contributed by atoms with E-state index in [0.717, 1.165) is 0 Å². The van der Waals surface area contributed by atoms with Crippen LogP contribution in [0.1, 0.15) is 0 Å². The van der Waals surface area contributed by atoms with E-state index in [2.05, 4.69) is 15.5 Å². The Labute approximate surface area is 118 Å². The summed E-state index contributed by atoms with van der Waals surface area (Å²) in [5, 5.41) is 10.7. The van der Waals surface area contributed by atoms with E-state index < -0.39 is 0 Å². The van der Waals surface area contributed by atoms with Crippen LogP contribution >= 0.6 is 23.1 Å². The summed E-state index contributed by atoms with van der Waals surface area (Å²) in [7, 11) is 1.58. The van der Waals surface area contributed by atoms with Gasteiger partial charge in [0.15, 0.2) is 4.34 Å². The summed E-state index contributed by atoms with van der Waals surface area (Å²) < 4.78 is 5.76. The molecule has 0 radical (unpaired) electrons. The van der Waals surface area contributed by atoms with Crippen LogP contribution in [0.5, 0.6) is 5.75 Å². The van der Waals surface area contributed by atoms with Gasteiger partial charge in [-0.05, 0) is 12.1 Å². The summed E-state index contributed by atoms with van der Waals surface area (Å²) in [5.74, 6) is 0.834. The summed E-state index contributed by atoms with van der Waals surface area (Å²) in [5.41, 5.74) is 6.15. The number of benzene rings is 1. The molecule has 0 unspecified atom stereocenters. The number of anilines is 2. The van der Waals surface area contributed by atoms with Crippen molar-refractivity contribution < 1.29 is 9.53 Å². The molecule has 0 aliphatic heterocycles. The molecular formula is C11H12N4O2S2. The molecule has 1 aromatic carbocycles. The van der Waals surface area contributed by atoms with Crippen LogP contribution in [0.2, 0.25) is 0 Å². The molecule has 3 N–H and O–H groups in total. The first-order valence-corrected chi connectivity index (χ1v) is 7.13. The van der Waals surface area contributed by atoms with Gasteiger partial charge < -0.3 is 15.8 Å². The number of amides is 1. The zero-order valence-electron chi connectivity index (χ0n) is 10.1. The van der Waals surface area contributed by atoms with Crippen molar-refractivity contribution in [2.24, 2.45) is 0 Å². The third kappa shape index (κ3) is 4.11. The Morgan fingerprint density at radius 3 is 3.05 bits per heavy atom. The third-order valence-electron chi connectivity index (χ3n) is 2.10. The molecule has 0 spiro atoms. The van der Waals surface area contributed by atoms with Gasteiger partial charge in [0, 0.05) is 11.8 Å². The van der Waals surface area contributed by atoms with E-state index in [9.17, 15) is 4.79 Å². The second kappa shape index (κ2) is 6.39. The molecule has 0 saturated carbocycles. The van der Waals surface area contributed by atoms with Gasteiger partial charge >= 0.3 is 0 Å². The third-order valence-corrected chi connectivity index (χ3v) is 3.99. The van der Waals surface area contributed by atoms with Crippen molar-refractivity contribution in [1.29, 1.82) is 0 Å². The number of hydrogen-bond donors (Lipinski definition) is 2. The topological polar surface area (TPSA) is 90.1 Å². The number of nitrogens with two attached hydrogens (primary N) is 1. The smallest absolute Gasteiger partial charge is 0.234 e. The van der Waals surface area contributed by atoms with Crippen LogP contribution in [0.4, 0.5) is 10.8 Å². The zero-order valence-corrected chi connectivity index (χ0v) is 11.8. The van der Waals surface area contributed by atoms with Crippen LogP contribution in [0.3, 0.4) is 0 Å². The minimum atomic E-state index is -0.118. The SMILES string of the molecule is COc1cccc(NC(=O)CSc2nnc(N)s2)c1. The van der Waals surface area contributed by atoms with E-state index >= 15 is 0 Å². The van der Waals surface area contributed by atoms with Gasteiger partial charge in [0.2, 0.25) is 11.0 Å². The summed E-state index contributed by atoms with van der Waals surface area (Å²) in [6.45, 7) is 0. The van der Waals surface area contributed by atoms with E-state index in [1.54, 1.807) is 19.2 Å². The maximum Gasteiger partial charge on any atom is 0.234 e. The normalized spacial score (nSPS) is 10.2. The Morgan fingerprint density at radius 1 is 1.53 bits per heavy atom. The van der Waals surface area contributed by atoms with Gasteiger partial charge in [-0.15, -0.1) is 10.2 Å². The zero-order chi connectivity index (χ0) is 13.7. The van der Waals surface area contributed by atoms with Gasteiger partial charge in [-0.3, -0.25) is 4.79 Å². The van der Waals surface area contributed by atoms with E-state index in [1.807, 2.05) is 12.1 Å². The highest BCUT2D eigenvalue weighted by Crippen LogP contribution is 2.23. The van der Waals surface area contributed by atoms with Crippen LogP contribution in [0.15, 0.2) is 28.6 Å². The van der Waals surface area contributed by atoms with Crippen LogP contribution in [-0.4, -0.2) is 29.0 Å². The first-order chi connectivity index (χ1) is 9.17. The molecule has 8 heteroatoms. The van der Waals surface area contributed by atoms with Gasteiger partial charge in [0.25, 0.3) is 0 Å². The van der Waals surface area contributed by atoms with Gasteiger partial charge in [-0.25, -0.2) is 0 Å². The molecule has 19 heavy (non-hydrogen) atoms. The lowest BCUT2D eigenvalue weighted by molar-refractivity contribution is -0.113. The molecular weight excluding hydrogens is 284 g/mol. The maximum absolute atomic E-state index is 11.7. The average Bonchev–Trinajstić information content (AvgIpc) is 2.82. The quantitative estimate of drug-likeness (QED) is 0.819. The maximum atomic E-state index is 11.7. The molecule has 100 valence electrons. The molecule has 2 aromatic rings.